The van der Waals surface area contributed by atoms with Crippen LogP contribution in [0.2, 0.25) is 0 Å². The summed E-state index contributed by atoms with van der Waals surface area (Å²) in [5, 5.41) is 2.63. The Kier molecular flexibility index (Phi) is 4.75. The first-order valence-electron chi connectivity index (χ1n) is 10.2. The van der Waals surface area contributed by atoms with Crippen molar-refractivity contribution in [1.29, 1.82) is 0 Å². The normalized spacial score (nSPS) is 30.1. The summed E-state index contributed by atoms with van der Waals surface area (Å²) >= 11 is 1.43. The van der Waals surface area contributed by atoms with Crippen molar-refractivity contribution in [3.8, 4) is 10.6 Å². The molecule has 1 aromatic carbocycles. The summed E-state index contributed by atoms with van der Waals surface area (Å²) < 4.78 is 40.1. The molecule has 1 amide bonds. The van der Waals surface area contributed by atoms with Gasteiger partial charge in [-0.1, -0.05) is 12.1 Å². The number of halogens is 1. The average molecular weight is 450 g/mol. The molecule has 4 fully saturated rings. The van der Waals surface area contributed by atoms with Gasteiger partial charge in [0, 0.05) is 30.0 Å². The van der Waals surface area contributed by atoms with Crippen molar-refractivity contribution in [1.82, 2.24) is 14.6 Å². The zero-order valence-corrected chi connectivity index (χ0v) is 18.3. The van der Waals surface area contributed by atoms with Gasteiger partial charge in [-0.3, -0.25) is 4.79 Å². The number of hydrogen-bond donors (Lipinski definition) is 1. The summed E-state index contributed by atoms with van der Waals surface area (Å²) in [7, 11) is -3.39. The smallest absolute Gasteiger partial charge is 0.229 e. The Bertz CT molecular complexity index is 1080. The van der Waals surface area contributed by atoms with E-state index >= 15 is 0 Å². The highest BCUT2D eigenvalue weighted by molar-refractivity contribution is 7.88. The Morgan fingerprint density at radius 3 is 2.77 bits per heavy atom. The molecule has 9 heteroatoms. The first-order valence-corrected chi connectivity index (χ1v) is 13.0. The molecule has 0 spiro atoms. The second-order valence-electron chi connectivity index (χ2n) is 8.97. The second kappa shape index (κ2) is 7.10. The molecule has 2 heterocycles. The van der Waals surface area contributed by atoms with Gasteiger partial charge in [0.25, 0.3) is 0 Å². The third-order valence-electron chi connectivity index (χ3n) is 6.71. The monoisotopic (exact) mass is 449 g/mol. The maximum atomic E-state index is 13.6. The van der Waals surface area contributed by atoms with Crippen LogP contribution in [0.1, 0.15) is 31.4 Å². The molecule has 30 heavy (non-hydrogen) atoms. The second-order valence-corrected chi connectivity index (χ2v) is 11.6. The predicted octanol–water partition coefficient (Wildman–Crippen LogP) is 2.81. The standard InChI is InChI=1S/C21H24FN3O3S2/c1-30(27,28)24-17-5-6-25(20(26)21-9-13(10-21)11-21)18(17)8-16-12-29-19(23-16)14-3-2-4-15(22)7-14/h2-4,7,12-13,17-18,24H,5-6,8-11H2,1H3/t13?,17-,18-,21?/m0/s1. The molecule has 0 radical (unpaired) electrons. The van der Waals surface area contributed by atoms with Gasteiger partial charge in [-0.15, -0.1) is 11.3 Å². The first kappa shape index (κ1) is 20.1. The molecule has 1 aromatic heterocycles. The van der Waals surface area contributed by atoms with Gasteiger partial charge >= 0.3 is 0 Å². The molecular formula is C21H24FN3O3S2. The molecule has 6 rings (SSSR count). The molecule has 1 aliphatic heterocycles. The summed E-state index contributed by atoms with van der Waals surface area (Å²) in [6, 6.07) is 5.73. The molecule has 3 aliphatic carbocycles. The van der Waals surface area contributed by atoms with E-state index in [0.29, 0.717) is 35.9 Å². The molecule has 1 saturated heterocycles. The van der Waals surface area contributed by atoms with E-state index < -0.39 is 10.0 Å². The number of benzene rings is 1. The maximum absolute atomic E-state index is 13.6. The van der Waals surface area contributed by atoms with E-state index in [-0.39, 0.29) is 29.2 Å². The third kappa shape index (κ3) is 3.56. The van der Waals surface area contributed by atoms with Gasteiger partial charge < -0.3 is 4.90 Å². The molecular weight excluding hydrogens is 425 g/mol. The molecule has 3 saturated carbocycles. The first-order chi connectivity index (χ1) is 14.2. The van der Waals surface area contributed by atoms with Crippen LogP contribution in [0.4, 0.5) is 4.39 Å². The SMILES string of the molecule is CS(=O)(=O)N[C@H]1CCN(C(=O)C23CC(C2)C3)[C@H]1Cc1csc(-c2cccc(F)c2)n1. The third-order valence-corrected chi connectivity index (χ3v) is 8.38. The summed E-state index contributed by atoms with van der Waals surface area (Å²) in [5.74, 6) is 0.563. The number of nitrogens with zero attached hydrogens (tertiary/aromatic N) is 2. The minimum Gasteiger partial charge on any atom is -0.337 e. The van der Waals surface area contributed by atoms with Crippen LogP contribution < -0.4 is 4.72 Å². The zero-order chi connectivity index (χ0) is 21.1. The minimum atomic E-state index is -3.39. The van der Waals surface area contributed by atoms with E-state index in [1.807, 2.05) is 16.3 Å². The highest BCUT2D eigenvalue weighted by Gasteiger charge is 2.63. The van der Waals surface area contributed by atoms with E-state index in [4.69, 9.17) is 0 Å². The van der Waals surface area contributed by atoms with E-state index in [0.717, 1.165) is 31.2 Å². The van der Waals surface area contributed by atoms with Gasteiger partial charge in [-0.05, 0) is 43.7 Å². The van der Waals surface area contributed by atoms with Crippen molar-refractivity contribution in [3.05, 3.63) is 41.2 Å². The van der Waals surface area contributed by atoms with Gasteiger partial charge in [-0.25, -0.2) is 22.5 Å². The van der Waals surface area contributed by atoms with Crippen molar-refractivity contribution < 1.29 is 17.6 Å². The summed E-state index contributed by atoms with van der Waals surface area (Å²) in [5.41, 5.74) is 1.31. The quantitative estimate of drug-likeness (QED) is 0.736. The fourth-order valence-corrected chi connectivity index (χ4v) is 6.84. The topological polar surface area (TPSA) is 79.4 Å². The number of aromatic nitrogens is 1. The zero-order valence-electron chi connectivity index (χ0n) is 16.7. The summed E-state index contributed by atoms with van der Waals surface area (Å²) in [4.78, 5) is 19.8. The summed E-state index contributed by atoms with van der Waals surface area (Å²) in [6.07, 6.45) is 5.15. The van der Waals surface area contributed by atoms with Crippen LogP contribution in [0.5, 0.6) is 0 Å². The van der Waals surface area contributed by atoms with Gasteiger partial charge in [-0.2, -0.15) is 0 Å². The van der Waals surface area contributed by atoms with Crippen LogP contribution in [0.3, 0.4) is 0 Å². The largest absolute Gasteiger partial charge is 0.337 e. The van der Waals surface area contributed by atoms with E-state index in [1.165, 1.54) is 23.5 Å². The molecule has 1 N–H and O–H groups in total. The summed E-state index contributed by atoms with van der Waals surface area (Å²) in [6.45, 7) is 0.560. The number of amides is 1. The molecule has 2 atom stereocenters. The predicted molar refractivity (Wildman–Crippen MR) is 113 cm³/mol. The fraction of sp³-hybridized carbons (Fsp3) is 0.524. The molecule has 160 valence electrons. The molecule has 6 nitrogen and oxygen atoms in total. The van der Waals surface area contributed by atoms with Gasteiger partial charge in [0.2, 0.25) is 15.9 Å². The lowest BCUT2D eigenvalue weighted by Gasteiger charge is -2.61. The molecule has 4 aliphatic rings. The van der Waals surface area contributed by atoms with E-state index in [9.17, 15) is 17.6 Å². The highest BCUT2D eigenvalue weighted by atomic mass is 32.2. The Morgan fingerprint density at radius 1 is 1.37 bits per heavy atom. The lowest BCUT2D eigenvalue weighted by atomic mass is 9.44. The molecule has 2 aromatic rings. The van der Waals surface area contributed by atoms with Crippen LogP contribution >= 0.6 is 11.3 Å². The van der Waals surface area contributed by atoms with Crippen LogP contribution in [0.25, 0.3) is 10.6 Å². The Hall–Kier alpha value is -1.84. The maximum Gasteiger partial charge on any atom is 0.229 e. The van der Waals surface area contributed by atoms with Crippen LogP contribution in [0.15, 0.2) is 29.6 Å². The van der Waals surface area contributed by atoms with Crippen molar-refractivity contribution in [2.24, 2.45) is 11.3 Å². The number of thiazole rings is 1. The van der Waals surface area contributed by atoms with Crippen molar-refractivity contribution in [2.45, 2.75) is 44.2 Å². The number of likely N-dealkylation sites (tertiary alicyclic amines) is 1. The number of sulfonamides is 1. The minimum absolute atomic E-state index is 0.174. The number of nitrogens with one attached hydrogen (secondary N) is 1. The number of carbonyl (C=O) groups is 1. The Balaban J connectivity index is 1.38. The molecule has 2 bridgehead atoms. The van der Waals surface area contributed by atoms with Crippen molar-refractivity contribution in [3.63, 3.8) is 0 Å². The molecule has 0 unspecified atom stereocenters. The van der Waals surface area contributed by atoms with Crippen molar-refractivity contribution >= 4 is 27.3 Å². The number of rotatable bonds is 6. The fourth-order valence-electron chi connectivity index (χ4n) is 5.18. The number of hydrogen-bond acceptors (Lipinski definition) is 5. The van der Waals surface area contributed by atoms with Crippen LogP contribution in [0, 0.1) is 17.2 Å². The van der Waals surface area contributed by atoms with Crippen molar-refractivity contribution in [2.75, 3.05) is 12.8 Å². The van der Waals surface area contributed by atoms with Gasteiger partial charge in [0.1, 0.15) is 10.8 Å². The highest BCUT2D eigenvalue weighted by Crippen LogP contribution is 2.65. The van der Waals surface area contributed by atoms with Gasteiger partial charge in [0.15, 0.2) is 0 Å². The van der Waals surface area contributed by atoms with E-state index in [1.54, 1.807) is 6.07 Å². The average Bonchev–Trinajstić information content (AvgIpc) is 3.19. The van der Waals surface area contributed by atoms with E-state index in [2.05, 4.69) is 9.71 Å². The lowest BCUT2D eigenvalue weighted by Crippen LogP contribution is -2.62. The van der Waals surface area contributed by atoms with Crippen LogP contribution in [-0.4, -0.2) is 49.1 Å². The van der Waals surface area contributed by atoms with Crippen LogP contribution in [-0.2, 0) is 21.2 Å². The Labute approximate surface area is 179 Å². The van der Waals surface area contributed by atoms with Gasteiger partial charge in [0.05, 0.1) is 23.4 Å². The number of carbonyl (C=O) groups excluding carboxylic acids is 1. The lowest BCUT2D eigenvalue weighted by molar-refractivity contribution is -0.177. The Morgan fingerprint density at radius 2 is 2.13 bits per heavy atom.